The summed E-state index contributed by atoms with van der Waals surface area (Å²) in [6.07, 6.45) is 3.77. The summed E-state index contributed by atoms with van der Waals surface area (Å²) >= 11 is 0. The van der Waals surface area contributed by atoms with Crippen molar-refractivity contribution in [2.45, 2.75) is 11.3 Å². The Morgan fingerprint density at radius 3 is 2.32 bits per heavy atom. The molecule has 31 heavy (non-hydrogen) atoms. The second kappa shape index (κ2) is 8.80. The second-order valence-electron chi connectivity index (χ2n) is 7.00. The highest BCUT2D eigenvalue weighted by atomic mass is 32.2. The van der Waals surface area contributed by atoms with Gasteiger partial charge in [0.15, 0.2) is 17.5 Å². The highest BCUT2D eigenvalue weighted by molar-refractivity contribution is 7.92. The summed E-state index contributed by atoms with van der Waals surface area (Å²) in [6, 6.07) is 9.64. The van der Waals surface area contributed by atoms with Crippen LogP contribution in [0.1, 0.15) is 6.42 Å². The molecule has 11 heteroatoms. The number of aromatic nitrogens is 3. The van der Waals surface area contributed by atoms with Gasteiger partial charge in [-0.1, -0.05) is 0 Å². The first-order valence-electron chi connectivity index (χ1n) is 9.64. The number of nitrogens with one attached hydrogen (secondary N) is 1. The maximum atomic E-state index is 13.3. The molecule has 1 aliphatic rings. The van der Waals surface area contributed by atoms with E-state index in [4.69, 9.17) is 0 Å². The van der Waals surface area contributed by atoms with Gasteiger partial charge < -0.3 is 9.80 Å². The molecule has 0 atom stereocenters. The summed E-state index contributed by atoms with van der Waals surface area (Å²) in [6.45, 7) is 3.03. The van der Waals surface area contributed by atoms with Crippen molar-refractivity contribution >= 4 is 27.3 Å². The van der Waals surface area contributed by atoms with Gasteiger partial charge in [0.1, 0.15) is 10.7 Å². The zero-order valence-electron chi connectivity index (χ0n) is 16.4. The molecule has 0 aliphatic carbocycles. The van der Waals surface area contributed by atoms with Gasteiger partial charge in [-0.2, -0.15) is 5.10 Å². The minimum absolute atomic E-state index is 0.0698. The molecule has 8 nitrogen and oxygen atoms in total. The Morgan fingerprint density at radius 1 is 0.903 bits per heavy atom. The molecule has 0 unspecified atom stereocenters. The summed E-state index contributed by atoms with van der Waals surface area (Å²) in [5, 5.41) is 8.07. The fraction of sp³-hybridized carbons (Fsp3) is 0.250. The SMILES string of the molecule is O=S(=O)(Nc1ccc(F)c(F)c1)c1ccc(N2CCCN(c3cccnn3)CC2)nc1. The molecule has 0 saturated carbocycles. The lowest BCUT2D eigenvalue weighted by atomic mass is 10.3. The first kappa shape index (κ1) is 20.9. The van der Waals surface area contributed by atoms with Gasteiger partial charge in [-0.05, 0) is 42.8 Å². The van der Waals surface area contributed by atoms with Crippen LogP contribution in [0.25, 0.3) is 0 Å². The Balaban J connectivity index is 1.44. The van der Waals surface area contributed by atoms with Gasteiger partial charge in [-0.3, -0.25) is 4.72 Å². The van der Waals surface area contributed by atoms with E-state index >= 15 is 0 Å². The third-order valence-electron chi connectivity index (χ3n) is 4.90. The fourth-order valence-electron chi connectivity index (χ4n) is 3.33. The number of benzene rings is 1. The number of pyridine rings is 1. The average molecular weight is 446 g/mol. The van der Waals surface area contributed by atoms with Crippen molar-refractivity contribution < 1.29 is 17.2 Å². The van der Waals surface area contributed by atoms with Crippen LogP contribution in [-0.2, 0) is 10.0 Å². The monoisotopic (exact) mass is 446 g/mol. The molecule has 0 amide bonds. The molecule has 0 bridgehead atoms. The van der Waals surface area contributed by atoms with Gasteiger partial charge in [0.25, 0.3) is 10.0 Å². The molecule has 1 N–H and O–H groups in total. The molecule has 3 aromatic rings. The lowest BCUT2D eigenvalue weighted by Gasteiger charge is -2.23. The van der Waals surface area contributed by atoms with Crippen molar-refractivity contribution in [3.05, 3.63) is 66.5 Å². The number of rotatable bonds is 5. The molecule has 1 aromatic carbocycles. The Hall–Kier alpha value is -3.34. The van der Waals surface area contributed by atoms with Gasteiger partial charge in [-0.15, -0.1) is 5.10 Å². The van der Waals surface area contributed by atoms with Crippen LogP contribution < -0.4 is 14.5 Å². The Morgan fingerprint density at radius 2 is 1.68 bits per heavy atom. The van der Waals surface area contributed by atoms with E-state index in [0.29, 0.717) is 12.4 Å². The van der Waals surface area contributed by atoms with Gasteiger partial charge in [0, 0.05) is 44.6 Å². The number of halogens is 2. The smallest absolute Gasteiger partial charge is 0.263 e. The highest BCUT2D eigenvalue weighted by Crippen LogP contribution is 2.21. The molecular weight excluding hydrogens is 426 g/mol. The van der Waals surface area contributed by atoms with E-state index in [1.54, 1.807) is 12.3 Å². The van der Waals surface area contributed by atoms with Crippen molar-refractivity contribution in [2.75, 3.05) is 40.7 Å². The molecule has 162 valence electrons. The average Bonchev–Trinajstić information content (AvgIpc) is 3.03. The summed E-state index contributed by atoms with van der Waals surface area (Å²) in [5.74, 6) is -0.704. The maximum Gasteiger partial charge on any atom is 0.263 e. The topological polar surface area (TPSA) is 91.3 Å². The van der Waals surface area contributed by atoms with E-state index in [1.807, 2.05) is 12.1 Å². The third-order valence-corrected chi connectivity index (χ3v) is 6.27. The standard InChI is InChI=1S/C20H20F2N6O2S/c21-17-6-4-15(13-18(17)22)26-31(29,30)16-5-7-19(23-14-16)27-9-2-10-28(12-11-27)20-3-1-8-24-25-20/h1,3-8,13-14,26H,2,9-12H2. The number of nitrogens with zero attached hydrogens (tertiary/aromatic N) is 5. The summed E-state index contributed by atoms with van der Waals surface area (Å²) in [7, 11) is -3.99. The fourth-order valence-corrected chi connectivity index (χ4v) is 4.32. The van der Waals surface area contributed by atoms with Crippen LogP contribution in [0.15, 0.2) is 59.8 Å². The van der Waals surface area contributed by atoms with E-state index < -0.39 is 21.7 Å². The molecular formula is C20H20F2N6O2S. The van der Waals surface area contributed by atoms with Crippen molar-refractivity contribution in [3.63, 3.8) is 0 Å². The molecule has 2 aromatic heterocycles. The number of anilines is 3. The molecule has 0 radical (unpaired) electrons. The molecule has 1 saturated heterocycles. The summed E-state index contributed by atoms with van der Waals surface area (Å²) in [5.41, 5.74) is -0.0698. The van der Waals surface area contributed by atoms with Crippen LogP contribution >= 0.6 is 0 Å². The Bertz CT molecular complexity index is 1150. The van der Waals surface area contributed by atoms with Crippen molar-refractivity contribution in [3.8, 4) is 0 Å². The van der Waals surface area contributed by atoms with Gasteiger partial charge >= 0.3 is 0 Å². The van der Waals surface area contributed by atoms with Gasteiger partial charge in [-0.25, -0.2) is 22.2 Å². The first-order chi connectivity index (χ1) is 14.9. The Labute approximate surface area is 178 Å². The van der Waals surface area contributed by atoms with Crippen LogP contribution in [-0.4, -0.2) is 49.8 Å². The van der Waals surface area contributed by atoms with Gasteiger partial charge in [0.2, 0.25) is 0 Å². The second-order valence-corrected chi connectivity index (χ2v) is 8.68. The minimum atomic E-state index is -3.99. The maximum absolute atomic E-state index is 13.3. The molecule has 4 rings (SSSR count). The van der Waals surface area contributed by atoms with E-state index in [-0.39, 0.29) is 10.6 Å². The zero-order chi connectivity index (χ0) is 21.8. The highest BCUT2D eigenvalue weighted by Gasteiger charge is 2.20. The third kappa shape index (κ3) is 4.88. The predicted molar refractivity (Wildman–Crippen MR) is 112 cm³/mol. The lowest BCUT2D eigenvalue weighted by Crippen LogP contribution is -2.31. The lowest BCUT2D eigenvalue weighted by molar-refractivity contribution is 0.509. The normalized spacial score (nSPS) is 14.9. The van der Waals surface area contributed by atoms with Crippen LogP contribution in [0.5, 0.6) is 0 Å². The molecule has 1 aliphatic heterocycles. The zero-order valence-corrected chi connectivity index (χ0v) is 17.3. The first-order valence-corrected chi connectivity index (χ1v) is 11.1. The quantitative estimate of drug-likeness (QED) is 0.644. The summed E-state index contributed by atoms with van der Waals surface area (Å²) < 4.78 is 53.7. The van der Waals surface area contributed by atoms with E-state index in [1.165, 1.54) is 12.3 Å². The van der Waals surface area contributed by atoms with Crippen molar-refractivity contribution in [1.82, 2.24) is 15.2 Å². The van der Waals surface area contributed by atoms with Crippen LogP contribution in [0.2, 0.25) is 0 Å². The Kier molecular flexibility index (Phi) is 5.94. The van der Waals surface area contributed by atoms with E-state index in [9.17, 15) is 17.2 Å². The number of hydrogen-bond acceptors (Lipinski definition) is 7. The van der Waals surface area contributed by atoms with Crippen molar-refractivity contribution in [1.29, 1.82) is 0 Å². The number of sulfonamides is 1. The largest absolute Gasteiger partial charge is 0.355 e. The van der Waals surface area contributed by atoms with Crippen LogP contribution in [0.4, 0.5) is 26.1 Å². The van der Waals surface area contributed by atoms with Gasteiger partial charge in [0.05, 0.1) is 5.69 Å². The number of hydrogen-bond donors (Lipinski definition) is 1. The molecule has 1 fully saturated rings. The molecule has 0 spiro atoms. The molecule has 3 heterocycles. The van der Waals surface area contributed by atoms with E-state index in [2.05, 4.69) is 29.7 Å². The van der Waals surface area contributed by atoms with E-state index in [0.717, 1.165) is 50.1 Å². The van der Waals surface area contributed by atoms with Crippen LogP contribution in [0.3, 0.4) is 0 Å². The van der Waals surface area contributed by atoms with Crippen molar-refractivity contribution in [2.24, 2.45) is 0 Å². The van der Waals surface area contributed by atoms with Crippen LogP contribution in [0, 0.1) is 11.6 Å². The summed E-state index contributed by atoms with van der Waals surface area (Å²) in [4.78, 5) is 8.46. The predicted octanol–water partition coefficient (Wildman–Crippen LogP) is 2.67. The minimum Gasteiger partial charge on any atom is -0.355 e.